The van der Waals surface area contributed by atoms with Crippen molar-refractivity contribution in [2.45, 2.75) is 45.4 Å². The highest BCUT2D eigenvalue weighted by Gasteiger charge is 2.11. The molecule has 0 fully saturated rings. The van der Waals surface area contributed by atoms with Gasteiger partial charge in [0.05, 0.1) is 0 Å². The van der Waals surface area contributed by atoms with E-state index in [-0.39, 0.29) is 11.8 Å². The van der Waals surface area contributed by atoms with E-state index in [1.54, 1.807) is 6.20 Å². The first kappa shape index (κ1) is 19.5. The van der Waals surface area contributed by atoms with Crippen molar-refractivity contribution in [3.05, 3.63) is 57.6 Å². The summed E-state index contributed by atoms with van der Waals surface area (Å²) in [5, 5.41) is 8.09. The van der Waals surface area contributed by atoms with Crippen molar-refractivity contribution in [3.8, 4) is 0 Å². The Kier molecular flexibility index (Phi) is 6.58. The van der Waals surface area contributed by atoms with Crippen LogP contribution in [0.2, 0.25) is 5.02 Å². The largest absolute Gasteiger partial charge is 0.339 e. The van der Waals surface area contributed by atoms with Gasteiger partial charge in [-0.3, -0.25) is 4.79 Å². The van der Waals surface area contributed by atoms with Crippen molar-refractivity contribution < 1.29 is 9.32 Å². The van der Waals surface area contributed by atoms with E-state index >= 15 is 0 Å². The molecular formula is C19H21ClN4O2S. The van der Waals surface area contributed by atoms with Crippen molar-refractivity contribution in [2.75, 3.05) is 5.32 Å². The van der Waals surface area contributed by atoms with E-state index in [0.717, 1.165) is 16.9 Å². The van der Waals surface area contributed by atoms with Gasteiger partial charge >= 0.3 is 0 Å². The highest BCUT2D eigenvalue weighted by atomic mass is 35.5. The van der Waals surface area contributed by atoms with Gasteiger partial charge < -0.3 is 9.84 Å². The molecule has 27 heavy (non-hydrogen) atoms. The summed E-state index contributed by atoms with van der Waals surface area (Å²) in [6, 6.07) is 7.73. The predicted molar refractivity (Wildman–Crippen MR) is 106 cm³/mol. The molecule has 3 rings (SSSR count). The second-order valence-corrected chi connectivity index (χ2v) is 8.09. The predicted octanol–water partition coefficient (Wildman–Crippen LogP) is 4.86. The molecule has 8 heteroatoms. The number of halogens is 1. The van der Waals surface area contributed by atoms with Gasteiger partial charge in [0.1, 0.15) is 0 Å². The number of carbonyl (C=O) groups excluding carboxylic acids is 1. The van der Waals surface area contributed by atoms with Crippen molar-refractivity contribution in [2.24, 2.45) is 0 Å². The zero-order valence-corrected chi connectivity index (χ0v) is 16.8. The molecule has 0 saturated heterocycles. The van der Waals surface area contributed by atoms with E-state index < -0.39 is 0 Å². The van der Waals surface area contributed by atoms with E-state index in [0.29, 0.717) is 41.1 Å². The summed E-state index contributed by atoms with van der Waals surface area (Å²) < 4.78 is 5.18. The summed E-state index contributed by atoms with van der Waals surface area (Å²) in [6.45, 7) is 4.02. The minimum absolute atomic E-state index is 0.0674. The minimum atomic E-state index is -0.0674. The lowest BCUT2D eigenvalue weighted by Gasteiger charge is -2.00. The lowest BCUT2D eigenvalue weighted by atomic mass is 10.1. The minimum Gasteiger partial charge on any atom is -0.339 e. The molecule has 1 aromatic carbocycles. The quantitative estimate of drug-likeness (QED) is 0.580. The monoisotopic (exact) mass is 404 g/mol. The molecule has 0 spiro atoms. The number of aromatic nitrogens is 3. The highest BCUT2D eigenvalue weighted by Crippen LogP contribution is 2.22. The number of rotatable bonds is 8. The molecule has 3 aromatic rings. The molecule has 1 amide bonds. The molecule has 1 N–H and O–H groups in total. The SMILES string of the molecule is CC(C)c1noc(CCCC(=O)Nc2ncc(Cc3cccc(Cl)c3)s2)n1. The van der Waals surface area contributed by atoms with Crippen molar-refractivity contribution in [3.63, 3.8) is 0 Å². The zero-order valence-electron chi connectivity index (χ0n) is 15.2. The number of benzene rings is 1. The number of carbonyl (C=O) groups is 1. The zero-order chi connectivity index (χ0) is 19.2. The molecule has 0 aliphatic carbocycles. The molecule has 0 aliphatic rings. The van der Waals surface area contributed by atoms with Gasteiger partial charge in [-0.1, -0.05) is 42.7 Å². The van der Waals surface area contributed by atoms with E-state index in [1.807, 2.05) is 38.1 Å². The van der Waals surface area contributed by atoms with Crippen molar-refractivity contribution >= 4 is 34.0 Å². The Bertz CT molecular complexity index is 907. The lowest BCUT2D eigenvalue weighted by molar-refractivity contribution is -0.116. The van der Waals surface area contributed by atoms with Crippen LogP contribution < -0.4 is 5.32 Å². The highest BCUT2D eigenvalue weighted by molar-refractivity contribution is 7.15. The number of thiazole rings is 1. The molecule has 142 valence electrons. The van der Waals surface area contributed by atoms with Gasteiger partial charge in [-0.25, -0.2) is 4.98 Å². The smallest absolute Gasteiger partial charge is 0.226 e. The van der Waals surface area contributed by atoms with Crippen LogP contribution in [0, 0.1) is 0 Å². The Balaban J connectivity index is 1.44. The van der Waals surface area contributed by atoms with Gasteiger partial charge in [-0.05, 0) is 24.1 Å². The third-order valence-corrected chi connectivity index (χ3v) is 5.01. The molecule has 0 bridgehead atoms. The maximum atomic E-state index is 12.1. The molecule has 0 atom stereocenters. The van der Waals surface area contributed by atoms with E-state index in [9.17, 15) is 4.79 Å². The molecule has 6 nitrogen and oxygen atoms in total. The number of amides is 1. The maximum absolute atomic E-state index is 12.1. The van der Waals surface area contributed by atoms with Gasteiger partial charge in [-0.15, -0.1) is 11.3 Å². The average Bonchev–Trinajstić information content (AvgIpc) is 3.25. The average molecular weight is 405 g/mol. The van der Waals surface area contributed by atoms with E-state index in [4.69, 9.17) is 16.1 Å². The first-order valence-electron chi connectivity index (χ1n) is 8.81. The van der Waals surface area contributed by atoms with E-state index in [2.05, 4.69) is 20.4 Å². The molecule has 2 heterocycles. The fourth-order valence-electron chi connectivity index (χ4n) is 2.48. The Labute approximate surface area is 167 Å². The molecular weight excluding hydrogens is 384 g/mol. The summed E-state index contributed by atoms with van der Waals surface area (Å²) in [5.41, 5.74) is 1.12. The number of hydrogen-bond donors (Lipinski definition) is 1. The van der Waals surface area contributed by atoms with Crippen LogP contribution in [0.15, 0.2) is 35.0 Å². The van der Waals surface area contributed by atoms with Crippen LogP contribution in [0.25, 0.3) is 0 Å². The molecule has 2 aromatic heterocycles. The van der Waals surface area contributed by atoms with Crippen molar-refractivity contribution in [1.29, 1.82) is 0 Å². The Morgan fingerprint density at radius 1 is 1.37 bits per heavy atom. The summed E-state index contributed by atoms with van der Waals surface area (Å²) in [5.74, 6) is 1.44. The number of aryl methyl sites for hydroxylation is 1. The summed E-state index contributed by atoms with van der Waals surface area (Å²) in [7, 11) is 0. The summed E-state index contributed by atoms with van der Waals surface area (Å²) in [6.07, 6.45) is 4.14. The van der Waals surface area contributed by atoms with Gasteiger partial charge in [0, 0.05) is 41.3 Å². The first-order chi connectivity index (χ1) is 13.0. The second-order valence-electron chi connectivity index (χ2n) is 6.54. The van der Waals surface area contributed by atoms with Crippen molar-refractivity contribution in [1.82, 2.24) is 15.1 Å². The van der Waals surface area contributed by atoms with Gasteiger partial charge in [0.15, 0.2) is 11.0 Å². The van der Waals surface area contributed by atoms with Gasteiger partial charge in [-0.2, -0.15) is 4.98 Å². The first-order valence-corrected chi connectivity index (χ1v) is 10.0. The van der Waals surface area contributed by atoms with Crippen LogP contribution in [0.1, 0.15) is 54.8 Å². The van der Waals surface area contributed by atoms with Crippen LogP contribution in [0.3, 0.4) is 0 Å². The molecule has 0 saturated carbocycles. The molecule has 0 radical (unpaired) electrons. The number of nitrogens with one attached hydrogen (secondary N) is 1. The lowest BCUT2D eigenvalue weighted by Crippen LogP contribution is -2.11. The molecule has 0 aliphatic heterocycles. The summed E-state index contributed by atoms with van der Waals surface area (Å²) >= 11 is 7.48. The number of hydrogen-bond acceptors (Lipinski definition) is 6. The third-order valence-electron chi connectivity index (χ3n) is 3.86. The van der Waals surface area contributed by atoms with Gasteiger partial charge in [0.25, 0.3) is 0 Å². The van der Waals surface area contributed by atoms with Crippen LogP contribution >= 0.6 is 22.9 Å². The maximum Gasteiger partial charge on any atom is 0.226 e. The van der Waals surface area contributed by atoms with E-state index in [1.165, 1.54) is 11.3 Å². The fourth-order valence-corrected chi connectivity index (χ4v) is 3.56. The van der Waals surface area contributed by atoms with Gasteiger partial charge in [0.2, 0.25) is 11.8 Å². The van der Waals surface area contributed by atoms with Crippen LogP contribution in [0.5, 0.6) is 0 Å². The van der Waals surface area contributed by atoms with Crippen LogP contribution in [-0.2, 0) is 17.6 Å². The Morgan fingerprint density at radius 3 is 2.96 bits per heavy atom. The Morgan fingerprint density at radius 2 is 2.22 bits per heavy atom. The van der Waals surface area contributed by atoms with Crippen LogP contribution in [0.4, 0.5) is 5.13 Å². The third kappa shape index (κ3) is 5.87. The fraction of sp³-hybridized carbons (Fsp3) is 0.368. The topological polar surface area (TPSA) is 80.9 Å². The second kappa shape index (κ2) is 9.10. The number of nitrogens with zero attached hydrogens (tertiary/aromatic N) is 3. The standard InChI is InChI=1S/C19H21ClN4O2S/c1-12(2)18-23-17(26-24-18)8-4-7-16(25)22-19-21-11-15(27-19)10-13-5-3-6-14(20)9-13/h3,5-6,9,11-12H,4,7-8,10H2,1-2H3,(H,21,22,25). The van der Waals surface area contributed by atoms with Crippen LogP contribution in [-0.4, -0.2) is 21.0 Å². The normalized spacial score (nSPS) is 11.1. The number of anilines is 1. The Hall–Kier alpha value is -2.25. The molecule has 0 unspecified atom stereocenters. The summed E-state index contributed by atoms with van der Waals surface area (Å²) in [4.78, 5) is 21.8.